The van der Waals surface area contributed by atoms with E-state index < -0.39 is 23.1 Å². The number of carbonyl (C=O) groups is 2. The van der Waals surface area contributed by atoms with Crippen LogP contribution in [-0.4, -0.2) is 50.4 Å². The minimum atomic E-state index is -1.27. The summed E-state index contributed by atoms with van der Waals surface area (Å²) in [5.41, 5.74) is -0.208. The molecule has 0 spiro atoms. The van der Waals surface area contributed by atoms with Crippen LogP contribution in [-0.2, 0) is 10.2 Å². The Hall–Kier alpha value is -3.69. The molecule has 3 aromatic carbocycles. The zero-order valence-corrected chi connectivity index (χ0v) is 23.2. The van der Waals surface area contributed by atoms with E-state index in [0.717, 1.165) is 11.8 Å². The zero-order valence-electron chi connectivity index (χ0n) is 21.7. The Balaban J connectivity index is 1.46. The van der Waals surface area contributed by atoms with E-state index in [1.807, 2.05) is 24.1 Å². The van der Waals surface area contributed by atoms with Crippen molar-refractivity contribution in [3.05, 3.63) is 75.5 Å². The lowest BCUT2D eigenvalue weighted by molar-refractivity contribution is -0.142. The van der Waals surface area contributed by atoms with Gasteiger partial charge < -0.3 is 29.5 Å². The van der Waals surface area contributed by atoms with E-state index in [0.29, 0.717) is 23.6 Å². The quantitative estimate of drug-likeness (QED) is 0.338. The number of carboxylic acid groups (broad SMARTS) is 1. The van der Waals surface area contributed by atoms with E-state index in [9.17, 15) is 14.7 Å². The highest BCUT2D eigenvalue weighted by molar-refractivity contribution is 6.34. The van der Waals surface area contributed by atoms with Gasteiger partial charge in [-0.25, -0.2) is 4.39 Å². The number of fused-ring (bicyclic) bond motifs is 1. The van der Waals surface area contributed by atoms with E-state index in [1.54, 1.807) is 13.2 Å². The predicted octanol–water partition coefficient (Wildman–Crippen LogP) is 6.03. The SMILES string of the molecule is COc1ccc2c(c1)N(C)C[C@@H](COc1cc(F)c(C(=O)Nc3cc(Cl)cc(C(C)(C)C(=O)O)c3)c(Cl)c1)O2. The molecule has 2 N–H and O–H groups in total. The second-order valence-corrected chi connectivity index (χ2v) is 10.5. The van der Waals surface area contributed by atoms with Gasteiger partial charge in [-0.3, -0.25) is 9.59 Å². The molecular formula is C28H27Cl2FN2O6. The molecule has 0 aromatic heterocycles. The zero-order chi connectivity index (χ0) is 28.5. The van der Waals surface area contributed by atoms with Crippen molar-refractivity contribution in [2.75, 3.05) is 37.5 Å². The fourth-order valence-corrected chi connectivity index (χ4v) is 4.63. The highest BCUT2D eigenvalue weighted by Crippen LogP contribution is 2.36. The van der Waals surface area contributed by atoms with Gasteiger partial charge in [0.15, 0.2) is 0 Å². The fourth-order valence-electron chi connectivity index (χ4n) is 4.11. The molecular weight excluding hydrogens is 550 g/mol. The van der Waals surface area contributed by atoms with Gasteiger partial charge in [-0.2, -0.15) is 0 Å². The topological polar surface area (TPSA) is 97.3 Å². The van der Waals surface area contributed by atoms with Gasteiger partial charge >= 0.3 is 5.97 Å². The van der Waals surface area contributed by atoms with Gasteiger partial charge in [0.05, 0.1) is 35.3 Å². The maximum Gasteiger partial charge on any atom is 0.313 e. The number of hydrogen-bond donors (Lipinski definition) is 2. The molecule has 1 heterocycles. The van der Waals surface area contributed by atoms with E-state index >= 15 is 4.39 Å². The average Bonchev–Trinajstić information content (AvgIpc) is 2.86. The molecule has 1 aliphatic heterocycles. The monoisotopic (exact) mass is 576 g/mol. The van der Waals surface area contributed by atoms with Crippen molar-refractivity contribution in [1.29, 1.82) is 0 Å². The lowest BCUT2D eigenvalue weighted by atomic mass is 9.84. The van der Waals surface area contributed by atoms with Crippen LogP contribution in [0.15, 0.2) is 48.5 Å². The molecule has 3 aromatic rings. The van der Waals surface area contributed by atoms with Crippen molar-refractivity contribution in [2.45, 2.75) is 25.4 Å². The molecule has 39 heavy (non-hydrogen) atoms. The highest BCUT2D eigenvalue weighted by Gasteiger charge is 2.30. The number of nitrogens with one attached hydrogen (secondary N) is 1. The van der Waals surface area contributed by atoms with Gasteiger partial charge in [-0.05, 0) is 55.8 Å². The number of carboxylic acids is 1. The van der Waals surface area contributed by atoms with Crippen molar-refractivity contribution >= 4 is 46.5 Å². The first kappa shape index (κ1) is 28.3. The molecule has 0 radical (unpaired) electrons. The number of hydrogen-bond acceptors (Lipinski definition) is 6. The molecule has 0 fully saturated rings. The van der Waals surface area contributed by atoms with E-state index in [2.05, 4.69) is 5.32 Å². The smallest absolute Gasteiger partial charge is 0.313 e. The molecule has 0 saturated carbocycles. The van der Waals surface area contributed by atoms with Gasteiger partial charge in [0.25, 0.3) is 5.91 Å². The number of likely N-dealkylation sites (N-methyl/N-ethyl adjacent to an activating group) is 1. The summed E-state index contributed by atoms with van der Waals surface area (Å²) in [4.78, 5) is 26.5. The maximum absolute atomic E-state index is 15.0. The summed E-state index contributed by atoms with van der Waals surface area (Å²) in [5.74, 6) is -1.26. The molecule has 4 rings (SSSR count). The molecule has 0 unspecified atom stereocenters. The molecule has 1 aliphatic rings. The van der Waals surface area contributed by atoms with Crippen LogP contribution in [0, 0.1) is 5.82 Å². The van der Waals surface area contributed by atoms with Crippen molar-refractivity contribution in [3.8, 4) is 17.2 Å². The third-order valence-electron chi connectivity index (χ3n) is 6.44. The van der Waals surface area contributed by atoms with Crippen LogP contribution in [0.5, 0.6) is 17.2 Å². The van der Waals surface area contributed by atoms with Crippen molar-refractivity contribution in [3.63, 3.8) is 0 Å². The lowest BCUT2D eigenvalue weighted by Gasteiger charge is -2.33. The van der Waals surface area contributed by atoms with Crippen molar-refractivity contribution < 1.29 is 33.3 Å². The lowest BCUT2D eigenvalue weighted by Crippen LogP contribution is -2.41. The Bertz CT molecular complexity index is 1410. The number of anilines is 2. The van der Waals surface area contributed by atoms with E-state index in [-0.39, 0.29) is 39.8 Å². The average molecular weight is 577 g/mol. The first-order chi connectivity index (χ1) is 18.4. The third kappa shape index (κ3) is 6.15. The summed E-state index contributed by atoms with van der Waals surface area (Å²) in [6.07, 6.45) is -0.340. The standard InChI is InChI=1S/C28H27Cl2FN2O6/c1-28(2,27(35)36)15-7-16(29)9-17(8-15)32-26(34)25-21(30)10-19(11-22(25)31)38-14-20-13-33(3)23-12-18(37-4)5-6-24(23)39-20/h5-12,20H,13-14H2,1-4H3,(H,32,34)(H,35,36)/t20-/m0/s1. The number of methoxy groups -OCH3 is 1. The molecule has 0 aliphatic carbocycles. The molecule has 206 valence electrons. The van der Waals surface area contributed by atoms with Crippen LogP contribution in [0.4, 0.5) is 15.8 Å². The maximum atomic E-state index is 15.0. The van der Waals surface area contributed by atoms with Gasteiger partial charge in [-0.1, -0.05) is 23.2 Å². The second kappa shape index (κ2) is 11.2. The van der Waals surface area contributed by atoms with Gasteiger partial charge in [0.1, 0.15) is 35.8 Å². The van der Waals surface area contributed by atoms with E-state index in [4.69, 9.17) is 37.4 Å². The van der Waals surface area contributed by atoms with Gasteiger partial charge in [0, 0.05) is 29.9 Å². The Labute approximate surface area is 235 Å². The minimum absolute atomic E-state index is 0.113. The van der Waals surface area contributed by atoms with Crippen molar-refractivity contribution in [1.82, 2.24) is 0 Å². The molecule has 11 heteroatoms. The Kier molecular flexibility index (Phi) is 8.13. The molecule has 8 nitrogen and oxygen atoms in total. The Morgan fingerprint density at radius 2 is 1.90 bits per heavy atom. The van der Waals surface area contributed by atoms with Crippen molar-refractivity contribution in [2.24, 2.45) is 0 Å². The fraction of sp³-hybridized carbons (Fsp3) is 0.286. The molecule has 0 bridgehead atoms. The number of rotatable bonds is 8. The number of nitrogens with zero attached hydrogens (tertiary/aromatic N) is 1. The third-order valence-corrected chi connectivity index (χ3v) is 6.96. The molecule has 0 saturated heterocycles. The number of benzene rings is 3. The summed E-state index contributed by atoms with van der Waals surface area (Å²) >= 11 is 12.4. The van der Waals surface area contributed by atoms with Crippen LogP contribution in [0.25, 0.3) is 0 Å². The number of aliphatic carboxylic acids is 1. The van der Waals surface area contributed by atoms with Crippen LogP contribution >= 0.6 is 23.2 Å². The second-order valence-electron chi connectivity index (χ2n) is 9.64. The predicted molar refractivity (Wildman–Crippen MR) is 148 cm³/mol. The van der Waals surface area contributed by atoms with E-state index in [1.165, 1.54) is 38.1 Å². The van der Waals surface area contributed by atoms with Gasteiger partial charge in [0.2, 0.25) is 0 Å². The molecule has 1 atom stereocenters. The van der Waals surface area contributed by atoms with Crippen LogP contribution in [0.2, 0.25) is 10.0 Å². The number of ether oxygens (including phenoxy) is 3. The number of halogens is 3. The summed E-state index contributed by atoms with van der Waals surface area (Å²) < 4.78 is 32.1. The summed E-state index contributed by atoms with van der Waals surface area (Å²) in [6.45, 7) is 3.65. The largest absolute Gasteiger partial charge is 0.497 e. The van der Waals surface area contributed by atoms with Crippen LogP contribution < -0.4 is 24.4 Å². The minimum Gasteiger partial charge on any atom is -0.497 e. The van der Waals surface area contributed by atoms with Crippen LogP contribution in [0.3, 0.4) is 0 Å². The number of carbonyl (C=O) groups excluding carboxylic acids is 1. The Morgan fingerprint density at radius 3 is 2.56 bits per heavy atom. The molecule has 1 amide bonds. The summed E-state index contributed by atoms with van der Waals surface area (Å²) in [7, 11) is 3.51. The first-order valence-corrected chi connectivity index (χ1v) is 12.7. The number of amides is 1. The van der Waals surface area contributed by atoms with Gasteiger partial charge in [-0.15, -0.1) is 0 Å². The summed E-state index contributed by atoms with van der Waals surface area (Å²) in [5, 5.41) is 12.1. The normalized spacial score (nSPS) is 14.7. The van der Waals surface area contributed by atoms with Crippen LogP contribution in [0.1, 0.15) is 29.8 Å². The summed E-state index contributed by atoms with van der Waals surface area (Å²) in [6, 6.07) is 12.3. The highest BCUT2D eigenvalue weighted by atomic mass is 35.5. The first-order valence-electron chi connectivity index (χ1n) is 11.9. The Morgan fingerprint density at radius 1 is 1.15 bits per heavy atom.